The molecule has 6 nitrogen and oxygen atoms in total. The predicted octanol–water partition coefficient (Wildman–Crippen LogP) is 4.35. The smallest absolute Gasteiger partial charge is 0.240 e. The van der Waals surface area contributed by atoms with Crippen molar-refractivity contribution in [2.75, 3.05) is 25.2 Å². The van der Waals surface area contributed by atoms with E-state index in [1.165, 1.54) is 6.42 Å². The van der Waals surface area contributed by atoms with Crippen molar-refractivity contribution in [1.29, 1.82) is 0 Å². The SMILES string of the molecule is CC(C)(C)c1nc(NC(=O)CN2[CH]CCCC2)sc1Cc1ccc2c(c1)OCO2. The Labute approximate surface area is 176 Å². The largest absolute Gasteiger partial charge is 0.454 e. The third-order valence-corrected chi connectivity index (χ3v) is 6.06. The number of hydrogen-bond acceptors (Lipinski definition) is 6. The summed E-state index contributed by atoms with van der Waals surface area (Å²) in [7, 11) is 0. The Morgan fingerprint density at radius 2 is 2.07 bits per heavy atom. The van der Waals surface area contributed by atoms with Crippen LogP contribution >= 0.6 is 11.3 Å². The summed E-state index contributed by atoms with van der Waals surface area (Å²) in [6, 6.07) is 6.04. The molecule has 0 atom stereocenters. The van der Waals surface area contributed by atoms with Gasteiger partial charge in [0.05, 0.1) is 12.2 Å². The molecule has 1 fully saturated rings. The molecule has 0 saturated carbocycles. The quantitative estimate of drug-likeness (QED) is 0.788. The molecule has 1 aromatic heterocycles. The summed E-state index contributed by atoms with van der Waals surface area (Å²) in [6.07, 6.45) is 4.16. The van der Waals surface area contributed by atoms with Crippen LogP contribution in [0.4, 0.5) is 5.13 Å². The number of hydrogen-bond donors (Lipinski definition) is 1. The molecule has 0 spiro atoms. The van der Waals surface area contributed by atoms with Gasteiger partial charge in [0, 0.05) is 23.3 Å². The number of nitrogens with one attached hydrogen (secondary N) is 1. The summed E-state index contributed by atoms with van der Waals surface area (Å²) in [4.78, 5) is 20.6. The van der Waals surface area contributed by atoms with Gasteiger partial charge in [0.25, 0.3) is 0 Å². The van der Waals surface area contributed by atoms with Crippen LogP contribution in [0, 0.1) is 6.54 Å². The van der Waals surface area contributed by atoms with Crippen molar-refractivity contribution in [3.05, 3.63) is 40.9 Å². The monoisotopic (exact) mass is 414 g/mol. The number of piperidine rings is 1. The van der Waals surface area contributed by atoms with E-state index < -0.39 is 0 Å². The molecule has 1 aromatic carbocycles. The fourth-order valence-corrected chi connectivity index (χ4v) is 4.88. The molecule has 0 aliphatic carbocycles. The van der Waals surface area contributed by atoms with Crippen molar-refractivity contribution in [2.45, 2.75) is 51.9 Å². The number of ether oxygens (including phenoxy) is 2. The molecule has 7 heteroatoms. The molecule has 1 N–H and O–H groups in total. The highest BCUT2D eigenvalue weighted by molar-refractivity contribution is 7.15. The van der Waals surface area contributed by atoms with E-state index in [0.29, 0.717) is 11.7 Å². The van der Waals surface area contributed by atoms with E-state index >= 15 is 0 Å². The summed E-state index contributed by atoms with van der Waals surface area (Å²) >= 11 is 1.56. The standard InChI is InChI=1S/C22H28N3O3S/c1-22(2,3)20-18(12-15-7-8-16-17(11-15)28-14-27-16)29-21(24-20)23-19(26)13-25-9-5-4-6-10-25/h7-9,11H,4-6,10,12-14H2,1-3H3,(H,23,24,26). The van der Waals surface area contributed by atoms with E-state index in [0.717, 1.165) is 53.4 Å². The minimum absolute atomic E-state index is 0.00742. The molecule has 1 amide bonds. The first-order valence-electron chi connectivity index (χ1n) is 10.1. The van der Waals surface area contributed by atoms with Crippen LogP contribution in [-0.2, 0) is 16.6 Å². The second-order valence-electron chi connectivity index (χ2n) is 8.60. The number of likely N-dealkylation sites (tertiary alicyclic amines) is 1. The Morgan fingerprint density at radius 1 is 1.24 bits per heavy atom. The number of anilines is 1. The van der Waals surface area contributed by atoms with Crippen LogP contribution in [0.3, 0.4) is 0 Å². The number of aromatic nitrogens is 1. The Balaban J connectivity index is 1.49. The third-order valence-electron chi connectivity index (χ3n) is 5.09. The molecule has 155 valence electrons. The Bertz CT molecular complexity index is 882. The van der Waals surface area contributed by atoms with Crippen molar-refractivity contribution >= 4 is 22.4 Å². The number of benzene rings is 1. The summed E-state index contributed by atoms with van der Waals surface area (Å²) < 4.78 is 10.9. The number of thiazole rings is 1. The predicted molar refractivity (Wildman–Crippen MR) is 115 cm³/mol. The van der Waals surface area contributed by atoms with Crippen LogP contribution in [-0.4, -0.2) is 35.7 Å². The molecule has 2 aromatic rings. The lowest BCUT2D eigenvalue weighted by Crippen LogP contribution is -2.34. The van der Waals surface area contributed by atoms with Crippen LogP contribution in [0.2, 0.25) is 0 Å². The molecule has 4 rings (SSSR count). The van der Waals surface area contributed by atoms with Gasteiger partial charge in [-0.25, -0.2) is 4.98 Å². The zero-order chi connectivity index (χ0) is 20.4. The van der Waals surface area contributed by atoms with Crippen molar-refractivity contribution < 1.29 is 14.3 Å². The van der Waals surface area contributed by atoms with Crippen LogP contribution in [0.5, 0.6) is 11.5 Å². The second-order valence-corrected chi connectivity index (χ2v) is 9.69. The number of nitrogens with zero attached hydrogens (tertiary/aromatic N) is 2. The van der Waals surface area contributed by atoms with Crippen molar-refractivity contribution in [3.8, 4) is 11.5 Å². The maximum atomic E-state index is 12.5. The highest BCUT2D eigenvalue weighted by atomic mass is 32.1. The highest BCUT2D eigenvalue weighted by Gasteiger charge is 2.25. The fraction of sp³-hybridized carbons (Fsp3) is 0.500. The van der Waals surface area contributed by atoms with Crippen LogP contribution in [0.15, 0.2) is 18.2 Å². The molecule has 2 aliphatic rings. The van der Waals surface area contributed by atoms with Crippen LogP contribution in [0.25, 0.3) is 0 Å². The summed E-state index contributed by atoms with van der Waals surface area (Å²) in [6.45, 7) is 10.2. The minimum Gasteiger partial charge on any atom is -0.454 e. The molecule has 0 bridgehead atoms. The van der Waals surface area contributed by atoms with Crippen LogP contribution < -0.4 is 14.8 Å². The van der Waals surface area contributed by atoms with Crippen molar-refractivity contribution in [2.24, 2.45) is 0 Å². The number of carbonyl (C=O) groups excluding carboxylic acids is 1. The average molecular weight is 415 g/mol. The highest BCUT2D eigenvalue weighted by Crippen LogP contribution is 2.37. The Kier molecular flexibility index (Phi) is 5.79. The topological polar surface area (TPSA) is 63.7 Å². The Morgan fingerprint density at radius 3 is 2.83 bits per heavy atom. The zero-order valence-electron chi connectivity index (χ0n) is 17.3. The van der Waals surface area contributed by atoms with Crippen molar-refractivity contribution in [1.82, 2.24) is 9.88 Å². The first kappa shape index (κ1) is 20.2. The fourth-order valence-electron chi connectivity index (χ4n) is 3.66. The molecule has 0 unspecified atom stereocenters. The summed E-state index contributed by atoms with van der Waals surface area (Å²) in [5.74, 6) is 1.57. The molecule has 2 aliphatic heterocycles. The molecular formula is C22H28N3O3S. The first-order valence-corrected chi connectivity index (χ1v) is 11.0. The minimum atomic E-state index is -0.105. The first-order chi connectivity index (χ1) is 13.9. The van der Waals surface area contributed by atoms with Gasteiger partial charge in [-0.15, -0.1) is 11.3 Å². The van der Waals surface area contributed by atoms with E-state index in [4.69, 9.17) is 14.5 Å². The molecule has 29 heavy (non-hydrogen) atoms. The average Bonchev–Trinajstić information content (AvgIpc) is 3.28. The number of fused-ring (bicyclic) bond motifs is 1. The summed E-state index contributed by atoms with van der Waals surface area (Å²) in [5.41, 5.74) is 2.07. The van der Waals surface area contributed by atoms with Gasteiger partial charge in [-0.05, 0) is 37.1 Å². The third kappa shape index (κ3) is 4.90. The maximum absolute atomic E-state index is 12.5. The van der Waals surface area contributed by atoms with Crippen molar-refractivity contribution in [3.63, 3.8) is 0 Å². The van der Waals surface area contributed by atoms with Gasteiger partial charge < -0.3 is 14.8 Å². The molecule has 3 heterocycles. The molecule has 1 radical (unpaired) electrons. The van der Waals surface area contributed by atoms with Gasteiger partial charge in [0.15, 0.2) is 16.6 Å². The van der Waals surface area contributed by atoms with Gasteiger partial charge in [-0.1, -0.05) is 33.3 Å². The zero-order valence-corrected chi connectivity index (χ0v) is 18.1. The van der Waals surface area contributed by atoms with E-state index in [2.05, 4.69) is 43.6 Å². The van der Waals surface area contributed by atoms with E-state index in [9.17, 15) is 4.79 Å². The number of carbonyl (C=O) groups is 1. The van der Waals surface area contributed by atoms with Gasteiger partial charge in [-0.3, -0.25) is 9.69 Å². The second kappa shape index (κ2) is 8.32. The van der Waals surface area contributed by atoms with Crippen LogP contribution in [0.1, 0.15) is 56.2 Å². The van der Waals surface area contributed by atoms with E-state index in [-0.39, 0.29) is 18.1 Å². The lowest BCUT2D eigenvalue weighted by Gasteiger charge is -2.24. The number of amides is 1. The lowest BCUT2D eigenvalue weighted by atomic mass is 9.90. The van der Waals surface area contributed by atoms with E-state index in [1.54, 1.807) is 11.3 Å². The van der Waals surface area contributed by atoms with Gasteiger partial charge in [0.1, 0.15) is 0 Å². The molecule has 1 saturated heterocycles. The van der Waals surface area contributed by atoms with Gasteiger partial charge in [0.2, 0.25) is 12.7 Å². The summed E-state index contributed by atoms with van der Waals surface area (Å²) in [5, 5.41) is 3.69. The van der Waals surface area contributed by atoms with Gasteiger partial charge >= 0.3 is 0 Å². The van der Waals surface area contributed by atoms with Gasteiger partial charge in [-0.2, -0.15) is 0 Å². The maximum Gasteiger partial charge on any atom is 0.240 e. The molecular weight excluding hydrogens is 386 g/mol. The number of rotatable bonds is 5. The van der Waals surface area contributed by atoms with E-state index in [1.807, 2.05) is 12.1 Å². The normalized spacial score (nSPS) is 16.8. The Hall–Kier alpha value is -2.12. The lowest BCUT2D eigenvalue weighted by molar-refractivity contribution is -0.117.